The summed E-state index contributed by atoms with van der Waals surface area (Å²) in [6, 6.07) is 3.86. The van der Waals surface area contributed by atoms with E-state index < -0.39 is 0 Å². The highest BCUT2D eigenvalue weighted by molar-refractivity contribution is 6.03. The summed E-state index contributed by atoms with van der Waals surface area (Å²) < 4.78 is 0. The normalized spacial score (nSPS) is 26.7. The fourth-order valence-electron chi connectivity index (χ4n) is 2.34. The zero-order valence-corrected chi connectivity index (χ0v) is 8.39. The zero-order chi connectivity index (χ0) is 10.3. The van der Waals surface area contributed by atoms with Crippen molar-refractivity contribution in [2.75, 3.05) is 13.1 Å². The first-order chi connectivity index (χ1) is 7.34. The maximum atomic E-state index is 11.8. The van der Waals surface area contributed by atoms with Crippen molar-refractivity contribution in [3.05, 3.63) is 35.8 Å². The van der Waals surface area contributed by atoms with Gasteiger partial charge in [0.05, 0.1) is 5.70 Å². The average Bonchev–Trinajstić information content (AvgIpc) is 2.84. The van der Waals surface area contributed by atoms with Gasteiger partial charge in [0.1, 0.15) is 0 Å². The summed E-state index contributed by atoms with van der Waals surface area (Å²) in [6.45, 7) is 1.95. The van der Waals surface area contributed by atoms with Gasteiger partial charge >= 0.3 is 0 Å². The summed E-state index contributed by atoms with van der Waals surface area (Å²) in [4.78, 5) is 18.1. The molecule has 0 aliphatic carbocycles. The second-order valence-corrected chi connectivity index (χ2v) is 4.11. The van der Waals surface area contributed by atoms with E-state index in [1.165, 1.54) is 0 Å². The predicted molar refractivity (Wildman–Crippen MR) is 56.9 cm³/mol. The molecule has 0 saturated carbocycles. The van der Waals surface area contributed by atoms with E-state index in [0.29, 0.717) is 5.78 Å². The van der Waals surface area contributed by atoms with Gasteiger partial charge in [-0.3, -0.25) is 9.78 Å². The van der Waals surface area contributed by atoms with E-state index in [2.05, 4.69) is 9.88 Å². The first-order valence-electron chi connectivity index (χ1n) is 5.25. The minimum Gasteiger partial charge on any atom is -0.368 e. The number of hydrogen-bond acceptors (Lipinski definition) is 3. The Morgan fingerprint density at radius 2 is 2.47 bits per heavy atom. The Morgan fingerprint density at radius 3 is 3.13 bits per heavy atom. The van der Waals surface area contributed by atoms with Gasteiger partial charge in [-0.25, -0.2) is 0 Å². The minimum absolute atomic E-state index is 0.257. The first kappa shape index (κ1) is 8.65. The topological polar surface area (TPSA) is 33.2 Å². The third-order valence-electron chi connectivity index (χ3n) is 3.14. The van der Waals surface area contributed by atoms with E-state index in [1.807, 2.05) is 18.2 Å². The van der Waals surface area contributed by atoms with Crippen molar-refractivity contribution in [1.82, 2.24) is 9.88 Å². The van der Waals surface area contributed by atoms with E-state index in [1.54, 1.807) is 12.4 Å². The van der Waals surface area contributed by atoms with Crippen LogP contribution in [0.3, 0.4) is 0 Å². The van der Waals surface area contributed by atoms with Crippen molar-refractivity contribution in [3.8, 4) is 0 Å². The lowest BCUT2D eigenvalue weighted by atomic mass is 10.0. The molecule has 0 amide bonds. The van der Waals surface area contributed by atoms with Gasteiger partial charge in [0.25, 0.3) is 0 Å². The molecule has 0 spiro atoms. The molecule has 1 atom stereocenters. The van der Waals surface area contributed by atoms with E-state index in [9.17, 15) is 4.79 Å². The Balaban J connectivity index is 1.95. The van der Waals surface area contributed by atoms with Crippen molar-refractivity contribution in [2.45, 2.75) is 6.42 Å². The highest BCUT2D eigenvalue weighted by Crippen LogP contribution is 2.33. The van der Waals surface area contributed by atoms with Gasteiger partial charge in [0.2, 0.25) is 0 Å². The fraction of sp³-hybridized carbons (Fsp3) is 0.333. The van der Waals surface area contributed by atoms with Crippen LogP contribution >= 0.6 is 0 Å². The molecule has 0 N–H and O–H groups in total. The smallest absolute Gasteiger partial charge is 0.183 e. The van der Waals surface area contributed by atoms with Crippen LogP contribution in [0.1, 0.15) is 12.0 Å². The molecule has 2 saturated heterocycles. The molecular weight excluding hydrogens is 188 g/mol. The van der Waals surface area contributed by atoms with E-state index in [0.717, 1.165) is 30.8 Å². The van der Waals surface area contributed by atoms with Crippen LogP contribution in [0.25, 0.3) is 6.08 Å². The van der Waals surface area contributed by atoms with Crippen molar-refractivity contribution in [3.63, 3.8) is 0 Å². The maximum absolute atomic E-state index is 11.8. The van der Waals surface area contributed by atoms with Gasteiger partial charge in [-0.2, -0.15) is 0 Å². The van der Waals surface area contributed by atoms with Crippen LogP contribution in [0.5, 0.6) is 0 Å². The second kappa shape index (κ2) is 3.19. The summed E-state index contributed by atoms with van der Waals surface area (Å²) >= 11 is 0. The predicted octanol–water partition coefficient (Wildman–Crippen LogP) is 1.33. The van der Waals surface area contributed by atoms with Crippen LogP contribution in [0.4, 0.5) is 0 Å². The Labute approximate surface area is 88.4 Å². The Hall–Kier alpha value is -1.64. The van der Waals surface area contributed by atoms with Gasteiger partial charge in [-0.05, 0) is 24.1 Å². The lowest BCUT2D eigenvalue weighted by molar-refractivity contribution is -0.118. The Bertz CT molecular complexity index is 425. The van der Waals surface area contributed by atoms with Crippen molar-refractivity contribution < 1.29 is 4.79 Å². The van der Waals surface area contributed by atoms with Gasteiger partial charge in [0, 0.05) is 31.4 Å². The third kappa shape index (κ3) is 1.35. The first-order valence-corrected chi connectivity index (χ1v) is 5.25. The summed E-state index contributed by atoms with van der Waals surface area (Å²) in [5.74, 6) is 0.568. The Kier molecular flexibility index (Phi) is 1.84. The van der Waals surface area contributed by atoms with Crippen molar-refractivity contribution >= 4 is 11.9 Å². The SMILES string of the molecule is O=C1/C(=C/c2cccnc2)N2CCC1C2. The lowest BCUT2D eigenvalue weighted by Crippen LogP contribution is -2.20. The van der Waals surface area contributed by atoms with Crippen LogP contribution in [-0.2, 0) is 4.79 Å². The van der Waals surface area contributed by atoms with Crippen LogP contribution in [0.2, 0.25) is 0 Å². The molecule has 3 rings (SSSR count). The Morgan fingerprint density at radius 1 is 1.53 bits per heavy atom. The van der Waals surface area contributed by atoms with Crippen molar-refractivity contribution in [2.24, 2.45) is 5.92 Å². The largest absolute Gasteiger partial charge is 0.368 e. The van der Waals surface area contributed by atoms with E-state index in [4.69, 9.17) is 0 Å². The molecule has 3 nitrogen and oxygen atoms in total. The summed E-state index contributed by atoms with van der Waals surface area (Å²) in [5, 5.41) is 0. The number of piperidine rings is 1. The molecule has 2 fully saturated rings. The standard InChI is InChI=1S/C12H12N2O/c15-12-10-3-5-14(8-10)11(12)6-9-2-1-4-13-7-9/h1-2,4,6-7,10H,3,5,8H2/b11-6-. The molecule has 15 heavy (non-hydrogen) atoms. The number of pyridine rings is 1. The molecule has 0 radical (unpaired) electrons. The third-order valence-corrected chi connectivity index (χ3v) is 3.14. The molecule has 1 unspecified atom stereocenters. The molecule has 1 aromatic heterocycles. The number of carbonyl (C=O) groups is 1. The van der Waals surface area contributed by atoms with Crippen LogP contribution in [-0.4, -0.2) is 28.8 Å². The molecular formula is C12H12N2O. The second-order valence-electron chi connectivity index (χ2n) is 4.11. The minimum atomic E-state index is 0.257. The fourth-order valence-corrected chi connectivity index (χ4v) is 2.34. The lowest BCUT2D eigenvalue weighted by Gasteiger charge is -2.16. The van der Waals surface area contributed by atoms with Crippen LogP contribution in [0.15, 0.2) is 30.2 Å². The van der Waals surface area contributed by atoms with E-state index >= 15 is 0 Å². The molecule has 1 aromatic rings. The number of hydrogen-bond donors (Lipinski definition) is 0. The van der Waals surface area contributed by atoms with Crippen LogP contribution < -0.4 is 0 Å². The molecule has 3 heterocycles. The molecule has 3 heteroatoms. The number of rotatable bonds is 1. The monoisotopic (exact) mass is 200 g/mol. The molecule has 0 aromatic carbocycles. The highest BCUT2D eigenvalue weighted by atomic mass is 16.1. The van der Waals surface area contributed by atoms with Gasteiger partial charge in [-0.1, -0.05) is 6.07 Å². The highest BCUT2D eigenvalue weighted by Gasteiger charge is 2.40. The number of Topliss-reactive ketones (excluding diaryl/α,β-unsaturated/α-hetero) is 1. The summed E-state index contributed by atoms with van der Waals surface area (Å²) in [7, 11) is 0. The number of nitrogens with zero attached hydrogens (tertiary/aromatic N) is 2. The number of allylic oxidation sites excluding steroid dienone is 1. The van der Waals surface area contributed by atoms with E-state index in [-0.39, 0.29) is 5.92 Å². The quantitative estimate of drug-likeness (QED) is 0.641. The molecule has 2 aliphatic rings. The van der Waals surface area contributed by atoms with Gasteiger partial charge in [-0.15, -0.1) is 0 Å². The molecule has 2 aliphatic heterocycles. The number of carbonyl (C=O) groups excluding carboxylic acids is 1. The van der Waals surface area contributed by atoms with Gasteiger partial charge < -0.3 is 4.90 Å². The number of aromatic nitrogens is 1. The zero-order valence-electron chi connectivity index (χ0n) is 8.39. The van der Waals surface area contributed by atoms with Crippen LogP contribution in [0, 0.1) is 5.92 Å². The molecule has 76 valence electrons. The van der Waals surface area contributed by atoms with Crippen molar-refractivity contribution in [1.29, 1.82) is 0 Å². The van der Waals surface area contributed by atoms with Gasteiger partial charge in [0.15, 0.2) is 5.78 Å². The maximum Gasteiger partial charge on any atom is 0.183 e. The summed E-state index contributed by atoms with van der Waals surface area (Å²) in [5.41, 5.74) is 1.88. The average molecular weight is 200 g/mol. The number of ketones is 1. The summed E-state index contributed by atoms with van der Waals surface area (Å²) in [6.07, 6.45) is 6.51. The molecule has 2 bridgehead atoms. The number of fused-ring (bicyclic) bond motifs is 2.